The van der Waals surface area contributed by atoms with E-state index in [4.69, 9.17) is 0 Å². The molecular weight excluding hydrogens is 398 g/mol. The van der Waals surface area contributed by atoms with E-state index in [9.17, 15) is 13.2 Å². The summed E-state index contributed by atoms with van der Waals surface area (Å²) in [6.45, 7) is 3.65. The van der Waals surface area contributed by atoms with Crippen LogP contribution in [0.2, 0.25) is 0 Å². The number of anilines is 2. The zero-order chi connectivity index (χ0) is 20.1. The van der Waals surface area contributed by atoms with Crippen LogP contribution in [0.15, 0.2) is 40.7 Å². The Morgan fingerprint density at radius 1 is 1.25 bits per heavy atom. The van der Waals surface area contributed by atoms with Gasteiger partial charge in [0.15, 0.2) is 5.13 Å². The van der Waals surface area contributed by atoms with Crippen LogP contribution in [0.1, 0.15) is 6.42 Å². The fourth-order valence-electron chi connectivity index (χ4n) is 3.04. The van der Waals surface area contributed by atoms with E-state index in [1.807, 2.05) is 5.38 Å². The number of benzene rings is 1. The Morgan fingerprint density at radius 3 is 2.79 bits per heavy atom. The van der Waals surface area contributed by atoms with Gasteiger partial charge in [0, 0.05) is 57.5 Å². The number of hydrogen-bond donors (Lipinski definition) is 1. The van der Waals surface area contributed by atoms with E-state index in [2.05, 4.69) is 20.1 Å². The van der Waals surface area contributed by atoms with Crippen LogP contribution >= 0.6 is 11.3 Å². The Labute approximate surface area is 169 Å². The first-order valence-electron chi connectivity index (χ1n) is 9.05. The smallest absolute Gasteiger partial charge is 0.242 e. The van der Waals surface area contributed by atoms with Crippen LogP contribution in [0.4, 0.5) is 10.8 Å². The number of carbonyl (C=O) groups is 1. The molecule has 10 heteroatoms. The van der Waals surface area contributed by atoms with Crippen molar-refractivity contribution in [2.45, 2.75) is 11.3 Å². The molecular formula is C18H25N5O3S2. The molecule has 1 aromatic heterocycles. The van der Waals surface area contributed by atoms with Crippen molar-refractivity contribution < 1.29 is 13.2 Å². The molecule has 0 atom stereocenters. The largest absolute Gasteiger partial charge is 0.347 e. The van der Waals surface area contributed by atoms with Crippen LogP contribution in [0.5, 0.6) is 0 Å². The Hall–Kier alpha value is -2.01. The van der Waals surface area contributed by atoms with Crippen molar-refractivity contribution in [3.05, 3.63) is 35.8 Å². The number of nitrogens with one attached hydrogen (secondary N) is 1. The van der Waals surface area contributed by atoms with Crippen molar-refractivity contribution in [3.8, 4) is 0 Å². The van der Waals surface area contributed by atoms with Gasteiger partial charge in [-0.25, -0.2) is 17.7 Å². The lowest BCUT2D eigenvalue weighted by Gasteiger charge is -2.21. The second-order valence-corrected chi connectivity index (χ2v) is 9.82. The minimum absolute atomic E-state index is 0.151. The molecule has 3 rings (SSSR count). The van der Waals surface area contributed by atoms with E-state index < -0.39 is 10.0 Å². The zero-order valence-corrected chi connectivity index (χ0v) is 17.7. The second-order valence-electron chi connectivity index (χ2n) is 6.79. The Bertz CT molecular complexity index is 900. The highest BCUT2D eigenvalue weighted by Gasteiger charge is 2.20. The van der Waals surface area contributed by atoms with Gasteiger partial charge in [-0.1, -0.05) is 6.07 Å². The summed E-state index contributed by atoms with van der Waals surface area (Å²) in [4.78, 5) is 21.3. The van der Waals surface area contributed by atoms with Crippen molar-refractivity contribution in [1.82, 2.24) is 14.2 Å². The molecule has 0 aliphatic carbocycles. The maximum absolute atomic E-state index is 12.5. The van der Waals surface area contributed by atoms with Crippen molar-refractivity contribution in [2.24, 2.45) is 0 Å². The van der Waals surface area contributed by atoms with E-state index in [1.165, 1.54) is 26.2 Å². The molecule has 0 radical (unpaired) electrons. The molecule has 0 saturated carbocycles. The minimum atomic E-state index is -3.53. The van der Waals surface area contributed by atoms with Gasteiger partial charge in [0.05, 0.1) is 11.4 Å². The lowest BCUT2D eigenvalue weighted by molar-refractivity contribution is -0.117. The molecule has 8 nitrogen and oxygen atoms in total. The first kappa shape index (κ1) is 20.7. The minimum Gasteiger partial charge on any atom is -0.347 e. The third-order valence-corrected chi connectivity index (χ3v) is 7.19. The van der Waals surface area contributed by atoms with Crippen LogP contribution in [-0.2, 0) is 14.8 Å². The average molecular weight is 424 g/mol. The Kier molecular flexibility index (Phi) is 6.65. The SMILES string of the molecule is CN(C)S(=O)(=O)c1cccc(NC(=O)CN2CCCN(c3nccs3)CC2)c1. The van der Waals surface area contributed by atoms with Crippen LogP contribution < -0.4 is 10.2 Å². The highest BCUT2D eigenvalue weighted by Crippen LogP contribution is 2.20. The summed E-state index contributed by atoms with van der Waals surface area (Å²) >= 11 is 1.63. The zero-order valence-electron chi connectivity index (χ0n) is 16.0. The summed E-state index contributed by atoms with van der Waals surface area (Å²) in [5, 5.41) is 5.80. The second kappa shape index (κ2) is 8.99. The standard InChI is InChI=1S/C18H25N5O3S2/c1-21(2)28(25,26)16-6-3-5-15(13-16)20-17(24)14-22-8-4-9-23(11-10-22)18-19-7-12-27-18/h3,5-7,12-13H,4,8-11,14H2,1-2H3,(H,20,24). The molecule has 1 saturated heterocycles. The quantitative estimate of drug-likeness (QED) is 0.759. The summed E-state index contributed by atoms with van der Waals surface area (Å²) in [6, 6.07) is 6.33. The number of rotatable bonds is 6. The van der Waals surface area contributed by atoms with Gasteiger partial charge in [-0.15, -0.1) is 11.3 Å². The van der Waals surface area contributed by atoms with Gasteiger partial charge in [0.1, 0.15) is 0 Å². The predicted molar refractivity (Wildman–Crippen MR) is 111 cm³/mol. The van der Waals surface area contributed by atoms with E-state index in [0.717, 1.165) is 42.0 Å². The predicted octanol–water partition coefficient (Wildman–Crippen LogP) is 1.54. The number of aromatic nitrogens is 1. The van der Waals surface area contributed by atoms with Gasteiger partial charge < -0.3 is 10.2 Å². The number of amides is 1. The van der Waals surface area contributed by atoms with Crippen molar-refractivity contribution in [1.29, 1.82) is 0 Å². The third kappa shape index (κ3) is 5.07. The van der Waals surface area contributed by atoms with E-state index >= 15 is 0 Å². The van der Waals surface area contributed by atoms with Crippen LogP contribution in [0, 0.1) is 0 Å². The van der Waals surface area contributed by atoms with Gasteiger partial charge in [-0.2, -0.15) is 0 Å². The van der Waals surface area contributed by atoms with Crippen molar-refractivity contribution in [2.75, 3.05) is 57.0 Å². The summed E-state index contributed by atoms with van der Waals surface area (Å²) in [7, 11) is -0.572. The monoisotopic (exact) mass is 423 g/mol. The van der Waals surface area contributed by atoms with Gasteiger partial charge in [-0.3, -0.25) is 9.69 Å². The number of carbonyl (C=O) groups excluding carboxylic acids is 1. The van der Waals surface area contributed by atoms with Crippen LogP contribution in [0.25, 0.3) is 0 Å². The molecule has 28 heavy (non-hydrogen) atoms. The summed E-state index contributed by atoms with van der Waals surface area (Å²) in [5.74, 6) is -0.151. The maximum atomic E-state index is 12.5. The van der Waals surface area contributed by atoms with E-state index in [1.54, 1.807) is 29.7 Å². The topological polar surface area (TPSA) is 85.8 Å². The number of nitrogens with zero attached hydrogens (tertiary/aromatic N) is 4. The highest BCUT2D eigenvalue weighted by atomic mass is 32.2. The molecule has 0 bridgehead atoms. The lowest BCUT2D eigenvalue weighted by Crippen LogP contribution is -2.36. The summed E-state index contributed by atoms with van der Waals surface area (Å²) < 4.78 is 25.7. The van der Waals surface area contributed by atoms with Crippen LogP contribution in [-0.4, -0.2) is 75.3 Å². The first-order valence-corrected chi connectivity index (χ1v) is 11.4. The number of sulfonamides is 1. The summed E-state index contributed by atoms with van der Waals surface area (Å²) in [5.41, 5.74) is 0.479. The molecule has 0 unspecified atom stereocenters. The molecule has 1 amide bonds. The van der Waals surface area contributed by atoms with E-state index in [-0.39, 0.29) is 17.3 Å². The fraction of sp³-hybridized carbons (Fsp3) is 0.444. The molecule has 0 spiro atoms. The average Bonchev–Trinajstić information content (AvgIpc) is 3.09. The van der Waals surface area contributed by atoms with Crippen molar-refractivity contribution >= 4 is 38.1 Å². The van der Waals surface area contributed by atoms with Gasteiger partial charge >= 0.3 is 0 Å². The van der Waals surface area contributed by atoms with Gasteiger partial charge in [0.25, 0.3) is 0 Å². The number of thiazole rings is 1. The lowest BCUT2D eigenvalue weighted by atomic mass is 10.3. The normalized spacial score (nSPS) is 16.2. The van der Waals surface area contributed by atoms with Gasteiger partial charge in [0.2, 0.25) is 15.9 Å². The molecule has 1 aromatic carbocycles. The summed E-state index contributed by atoms with van der Waals surface area (Å²) in [6.07, 6.45) is 2.77. The van der Waals surface area contributed by atoms with Gasteiger partial charge in [-0.05, 0) is 24.6 Å². The Morgan fingerprint density at radius 2 is 2.07 bits per heavy atom. The number of hydrogen-bond acceptors (Lipinski definition) is 7. The molecule has 152 valence electrons. The Balaban J connectivity index is 1.57. The highest BCUT2D eigenvalue weighted by molar-refractivity contribution is 7.89. The molecule has 2 heterocycles. The first-order chi connectivity index (χ1) is 13.4. The molecule has 1 N–H and O–H groups in total. The van der Waals surface area contributed by atoms with Crippen molar-refractivity contribution in [3.63, 3.8) is 0 Å². The molecule has 1 aliphatic rings. The molecule has 1 fully saturated rings. The molecule has 2 aromatic rings. The van der Waals surface area contributed by atoms with E-state index in [0.29, 0.717) is 5.69 Å². The third-order valence-electron chi connectivity index (χ3n) is 4.54. The van der Waals surface area contributed by atoms with Crippen LogP contribution in [0.3, 0.4) is 0 Å². The fourth-order valence-corrected chi connectivity index (χ4v) is 4.69. The maximum Gasteiger partial charge on any atom is 0.242 e. The molecule has 1 aliphatic heterocycles.